The summed E-state index contributed by atoms with van der Waals surface area (Å²) in [6.07, 6.45) is 3.92. The molecule has 2 saturated heterocycles. The summed E-state index contributed by atoms with van der Waals surface area (Å²) in [7, 11) is 1.53. The molecule has 2 aromatic carbocycles. The Labute approximate surface area is 303 Å². The van der Waals surface area contributed by atoms with Crippen molar-refractivity contribution in [1.82, 2.24) is 24.7 Å². The van der Waals surface area contributed by atoms with Crippen LogP contribution in [0.15, 0.2) is 47.4 Å². The number of likely N-dealkylation sites (N-methyl/N-ethyl adjacent to an activating group) is 1. The molecular weight excluding hydrogens is 675 g/mol. The summed E-state index contributed by atoms with van der Waals surface area (Å²) in [6, 6.07) is 12.2. The van der Waals surface area contributed by atoms with Gasteiger partial charge in [-0.15, -0.1) is 4.31 Å². The molecule has 2 unspecified atom stereocenters. The Morgan fingerprint density at radius 3 is 2.47 bits per heavy atom. The standard InChI is InChI=1S/C37H51N5O8S/c1-37(2,3)50-36(46)39-26-13-19-41(20-14-26)51(47)29-9-5-8-28(24-29)49-27-15-17-40(18-16-27)21-23-48-33-12-6-10-30-31(33)25-42(35(30)45)32(11-7-22-43)34(44)38-4/h5-6,8-10,12,22,24,26-27,32H,7,11,13-21,23,25H2,1-4H3,(H,38,44)(H,39,46). The molecule has 3 amide bonds. The highest BCUT2D eigenvalue weighted by molar-refractivity contribution is 7.89. The van der Waals surface area contributed by atoms with Gasteiger partial charge in [0, 0.05) is 69.4 Å². The minimum absolute atomic E-state index is 0.00845. The Morgan fingerprint density at radius 2 is 1.78 bits per heavy atom. The highest BCUT2D eigenvalue weighted by Crippen LogP contribution is 2.33. The van der Waals surface area contributed by atoms with E-state index in [4.69, 9.17) is 14.2 Å². The molecule has 278 valence electrons. The van der Waals surface area contributed by atoms with Gasteiger partial charge >= 0.3 is 6.09 Å². The second-order valence-electron chi connectivity index (χ2n) is 14.2. The number of alkyl carbamates (subject to hydrolysis) is 1. The fourth-order valence-electron chi connectivity index (χ4n) is 6.71. The lowest BCUT2D eigenvalue weighted by Gasteiger charge is -2.33. The van der Waals surface area contributed by atoms with Crippen molar-refractivity contribution >= 4 is 35.6 Å². The molecule has 0 saturated carbocycles. The van der Waals surface area contributed by atoms with Gasteiger partial charge in [0.1, 0.15) is 42.1 Å². The molecule has 51 heavy (non-hydrogen) atoms. The number of amides is 3. The zero-order chi connectivity index (χ0) is 36.5. The molecular formula is C37H51N5O8S. The summed E-state index contributed by atoms with van der Waals surface area (Å²) in [4.78, 5) is 53.4. The Hall–Kier alpha value is -3.85. The van der Waals surface area contributed by atoms with Crippen molar-refractivity contribution in [1.29, 1.82) is 0 Å². The highest BCUT2D eigenvalue weighted by atomic mass is 32.2. The maximum Gasteiger partial charge on any atom is 0.407 e. The molecule has 3 aliphatic heterocycles. The zero-order valence-corrected chi connectivity index (χ0v) is 30.9. The van der Waals surface area contributed by atoms with Crippen molar-refractivity contribution in [2.24, 2.45) is 0 Å². The first-order valence-electron chi connectivity index (χ1n) is 17.8. The normalized spacial score (nSPS) is 18.8. The number of carbonyl (C=O) groups is 4. The summed E-state index contributed by atoms with van der Waals surface area (Å²) in [5.74, 6) is 0.809. The van der Waals surface area contributed by atoms with E-state index in [0.29, 0.717) is 61.0 Å². The number of ether oxygens (including phenoxy) is 3. The molecule has 2 aromatic rings. The van der Waals surface area contributed by atoms with Crippen molar-refractivity contribution in [3.8, 4) is 11.5 Å². The van der Waals surface area contributed by atoms with Crippen LogP contribution in [-0.2, 0) is 32.2 Å². The third-order valence-electron chi connectivity index (χ3n) is 9.35. The highest BCUT2D eigenvalue weighted by Gasteiger charge is 2.37. The summed E-state index contributed by atoms with van der Waals surface area (Å²) < 4.78 is 33.2. The van der Waals surface area contributed by atoms with Gasteiger partial charge in [-0.05, 0) is 77.1 Å². The van der Waals surface area contributed by atoms with Gasteiger partial charge in [-0.1, -0.05) is 12.1 Å². The Bertz CT molecular complexity index is 1520. The average Bonchev–Trinajstić information content (AvgIpc) is 3.44. The van der Waals surface area contributed by atoms with Gasteiger partial charge in [0.15, 0.2) is 4.90 Å². The van der Waals surface area contributed by atoms with E-state index in [9.17, 15) is 23.7 Å². The Balaban J connectivity index is 1.05. The lowest BCUT2D eigenvalue weighted by Crippen LogP contribution is -2.47. The predicted molar refractivity (Wildman–Crippen MR) is 192 cm³/mol. The van der Waals surface area contributed by atoms with Crippen molar-refractivity contribution in [3.63, 3.8) is 0 Å². The molecule has 0 aliphatic carbocycles. The van der Waals surface area contributed by atoms with Crippen LogP contribution in [0.2, 0.25) is 0 Å². The summed E-state index contributed by atoms with van der Waals surface area (Å²) >= 11 is -1.33. The molecule has 2 N–H and O–H groups in total. The van der Waals surface area contributed by atoms with E-state index in [2.05, 4.69) is 15.5 Å². The van der Waals surface area contributed by atoms with Crippen molar-refractivity contribution in [2.75, 3.05) is 46.4 Å². The van der Waals surface area contributed by atoms with Crippen molar-refractivity contribution < 1.29 is 37.9 Å². The van der Waals surface area contributed by atoms with E-state index in [1.165, 1.54) is 11.9 Å². The topological polar surface area (TPSA) is 153 Å². The number of piperidine rings is 2. The molecule has 0 radical (unpaired) electrons. The number of likely N-dealkylation sites (tertiary alicyclic amines) is 1. The number of nitrogens with zero attached hydrogens (tertiary/aromatic N) is 3. The first kappa shape index (κ1) is 38.4. The van der Waals surface area contributed by atoms with Gasteiger partial charge in [0.05, 0.1) is 17.9 Å². The molecule has 13 nitrogen and oxygen atoms in total. The SMILES string of the molecule is CNC(=O)C(CCC=O)N1Cc2c(OCCN3CCC(Oc4cccc([S+]([O-])N5CCC(NC(=O)OC(C)(C)C)CC5)c4)CC3)cccc2C1=O. The van der Waals surface area contributed by atoms with Gasteiger partial charge in [-0.3, -0.25) is 14.5 Å². The minimum atomic E-state index is -1.33. The third kappa shape index (κ3) is 10.4. The van der Waals surface area contributed by atoms with Gasteiger partial charge in [0.2, 0.25) is 5.91 Å². The Morgan fingerprint density at radius 1 is 1.06 bits per heavy atom. The second kappa shape index (κ2) is 17.6. The number of rotatable bonds is 14. The molecule has 0 bridgehead atoms. The molecule has 2 fully saturated rings. The number of benzene rings is 2. The molecule has 14 heteroatoms. The lowest BCUT2D eigenvalue weighted by molar-refractivity contribution is -0.125. The van der Waals surface area contributed by atoms with Crippen LogP contribution in [0.4, 0.5) is 4.79 Å². The number of aldehydes is 1. The summed E-state index contributed by atoms with van der Waals surface area (Å²) in [6.45, 7) is 9.81. The number of carbonyl (C=O) groups excluding carboxylic acids is 4. The first-order valence-corrected chi connectivity index (χ1v) is 18.9. The fraction of sp³-hybridized carbons (Fsp3) is 0.568. The van der Waals surface area contributed by atoms with Gasteiger partial charge in [-0.2, -0.15) is 0 Å². The maximum absolute atomic E-state index is 13.4. The van der Waals surface area contributed by atoms with E-state index in [0.717, 1.165) is 37.8 Å². The summed E-state index contributed by atoms with van der Waals surface area (Å²) in [5, 5.41) is 5.53. The first-order chi connectivity index (χ1) is 24.5. The van der Waals surface area contributed by atoms with Crippen LogP contribution in [0, 0.1) is 0 Å². The number of hydrogen-bond acceptors (Lipinski definition) is 10. The van der Waals surface area contributed by atoms with Crippen LogP contribution < -0.4 is 20.1 Å². The minimum Gasteiger partial charge on any atom is -0.593 e. The van der Waals surface area contributed by atoms with E-state index < -0.39 is 29.1 Å². The largest absolute Gasteiger partial charge is 0.593 e. The molecule has 0 spiro atoms. The van der Waals surface area contributed by atoms with Crippen LogP contribution in [-0.4, -0.2) is 113 Å². The quantitative estimate of drug-likeness (QED) is 0.218. The van der Waals surface area contributed by atoms with Crippen LogP contribution in [0.5, 0.6) is 11.5 Å². The molecule has 3 aliphatic rings. The number of nitrogens with one attached hydrogen (secondary N) is 2. The summed E-state index contributed by atoms with van der Waals surface area (Å²) in [5.41, 5.74) is 0.735. The van der Waals surface area contributed by atoms with E-state index in [1.54, 1.807) is 12.1 Å². The van der Waals surface area contributed by atoms with Crippen molar-refractivity contribution in [3.05, 3.63) is 53.6 Å². The van der Waals surface area contributed by atoms with Crippen LogP contribution >= 0.6 is 0 Å². The lowest BCUT2D eigenvalue weighted by atomic mass is 10.1. The monoisotopic (exact) mass is 725 g/mol. The second-order valence-corrected chi connectivity index (χ2v) is 15.7. The van der Waals surface area contributed by atoms with E-state index in [-0.39, 0.29) is 43.3 Å². The average molecular weight is 726 g/mol. The van der Waals surface area contributed by atoms with Crippen LogP contribution in [0.25, 0.3) is 0 Å². The van der Waals surface area contributed by atoms with E-state index >= 15 is 0 Å². The van der Waals surface area contributed by atoms with E-state index in [1.807, 2.05) is 55.4 Å². The van der Waals surface area contributed by atoms with Crippen LogP contribution in [0.3, 0.4) is 0 Å². The van der Waals surface area contributed by atoms with Gasteiger partial charge in [-0.25, -0.2) is 4.79 Å². The maximum atomic E-state index is 13.4. The smallest absolute Gasteiger partial charge is 0.407 e. The Kier molecular flexibility index (Phi) is 13.2. The molecule has 0 aromatic heterocycles. The zero-order valence-electron chi connectivity index (χ0n) is 30.1. The molecule has 2 atom stereocenters. The van der Waals surface area contributed by atoms with Crippen molar-refractivity contribution in [2.45, 2.75) is 94.5 Å². The third-order valence-corrected chi connectivity index (χ3v) is 10.8. The number of hydrogen-bond donors (Lipinski definition) is 2. The van der Waals surface area contributed by atoms with Crippen LogP contribution in [0.1, 0.15) is 75.2 Å². The fourth-order valence-corrected chi connectivity index (χ4v) is 7.96. The van der Waals surface area contributed by atoms with Gasteiger partial charge in [0.25, 0.3) is 5.91 Å². The molecule has 5 rings (SSSR count). The predicted octanol–water partition coefficient (Wildman–Crippen LogP) is 3.67. The molecule has 3 heterocycles. The number of fused-ring (bicyclic) bond motifs is 1. The van der Waals surface area contributed by atoms with Gasteiger partial charge < -0.3 is 39.1 Å².